The Labute approximate surface area is 518 Å². The van der Waals surface area contributed by atoms with E-state index in [1.165, 1.54) is 161 Å². The van der Waals surface area contributed by atoms with Gasteiger partial charge < -0.3 is 18.9 Å². The Morgan fingerprint density at radius 1 is 0.369 bits per heavy atom. The van der Waals surface area contributed by atoms with Crippen LogP contribution in [0.2, 0.25) is 0 Å². The highest BCUT2D eigenvalue weighted by Crippen LogP contribution is 2.43. The highest BCUT2D eigenvalue weighted by molar-refractivity contribution is 7.47. The zero-order chi connectivity index (χ0) is 61.2. The van der Waals surface area contributed by atoms with E-state index in [9.17, 15) is 19.0 Å². The molecule has 0 aliphatic heterocycles. The molecule has 2 atom stereocenters. The second-order valence-electron chi connectivity index (χ2n) is 24.2. The smallest absolute Gasteiger partial charge is 0.462 e. The first-order chi connectivity index (χ1) is 41.0. The fourth-order valence-corrected chi connectivity index (χ4v) is 10.3. The van der Waals surface area contributed by atoms with Crippen LogP contribution in [-0.4, -0.2) is 74.9 Å². The van der Waals surface area contributed by atoms with Gasteiger partial charge in [0.15, 0.2) is 6.10 Å². The van der Waals surface area contributed by atoms with Crippen molar-refractivity contribution < 1.29 is 42.1 Å². The lowest BCUT2D eigenvalue weighted by molar-refractivity contribution is -0.870. The number of esters is 2. The molecule has 2 unspecified atom stereocenters. The minimum Gasteiger partial charge on any atom is -0.462 e. The molecule has 0 heterocycles. The molecule has 0 aromatic rings. The van der Waals surface area contributed by atoms with Crippen LogP contribution in [0.5, 0.6) is 0 Å². The lowest BCUT2D eigenvalue weighted by Gasteiger charge is -2.24. The van der Waals surface area contributed by atoms with Crippen LogP contribution in [-0.2, 0) is 32.7 Å². The maximum atomic E-state index is 12.9. The van der Waals surface area contributed by atoms with Gasteiger partial charge in [-0.25, -0.2) is 4.57 Å². The lowest BCUT2D eigenvalue weighted by Crippen LogP contribution is -2.37. The Kier molecular flexibility index (Phi) is 61.6. The summed E-state index contributed by atoms with van der Waals surface area (Å²) in [5, 5.41) is 0. The zero-order valence-corrected chi connectivity index (χ0v) is 56.0. The number of nitrogens with zero attached hydrogens (tertiary/aromatic N) is 1. The van der Waals surface area contributed by atoms with Crippen LogP contribution in [0.15, 0.2) is 109 Å². The molecule has 0 amide bonds. The third-order valence-electron chi connectivity index (χ3n) is 14.8. The van der Waals surface area contributed by atoms with Gasteiger partial charge in [0.1, 0.15) is 19.8 Å². The Morgan fingerprint density at radius 2 is 0.643 bits per heavy atom. The average molecular weight is 1190 g/mol. The van der Waals surface area contributed by atoms with Crippen molar-refractivity contribution in [3.63, 3.8) is 0 Å². The number of ether oxygens (including phenoxy) is 2. The van der Waals surface area contributed by atoms with Gasteiger partial charge in [-0.05, 0) is 96.3 Å². The normalized spacial score (nSPS) is 13.8. The first kappa shape index (κ1) is 80.7. The van der Waals surface area contributed by atoms with Gasteiger partial charge in [-0.2, -0.15) is 0 Å². The molecule has 10 heteroatoms. The maximum absolute atomic E-state index is 12.9. The SMILES string of the molecule is CC/C=C\C/C=C\C/C=C\C/C=C\C/C=C\CCCCCCCCCCCCCC(=O)OC(COC(=O)CCCCCCCCCCCCCCCCCCCCCC/C=C\C/C=C\C/C=C\C/C=C\CC)COP(=O)(O)OCC[N+](C)(C)C. The first-order valence-electron chi connectivity index (χ1n) is 34.6. The summed E-state index contributed by atoms with van der Waals surface area (Å²) in [6.07, 6.45) is 90.5. The molecular weight excluding hydrogens is 1060 g/mol. The van der Waals surface area contributed by atoms with Crippen LogP contribution >= 0.6 is 7.82 Å². The topological polar surface area (TPSA) is 108 Å². The summed E-state index contributed by atoms with van der Waals surface area (Å²) in [6, 6.07) is 0. The van der Waals surface area contributed by atoms with Gasteiger partial charge in [-0.15, -0.1) is 0 Å². The van der Waals surface area contributed by atoms with Gasteiger partial charge in [0.05, 0.1) is 27.7 Å². The van der Waals surface area contributed by atoms with E-state index in [0.717, 1.165) is 103 Å². The van der Waals surface area contributed by atoms with Crippen molar-refractivity contribution in [2.75, 3.05) is 47.5 Å². The monoisotopic (exact) mass is 1190 g/mol. The molecule has 84 heavy (non-hydrogen) atoms. The Morgan fingerprint density at radius 3 is 0.952 bits per heavy atom. The predicted octanol–water partition coefficient (Wildman–Crippen LogP) is 22.5. The summed E-state index contributed by atoms with van der Waals surface area (Å²) in [5.41, 5.74) is 0. The Hall–Kier alpha value is -3.33. The van der Waals surface area contributed by atoms with E-state index in [1.807, 2.05) is 21.1 Å². The van der Waals surface area contributed by atoms with Gasteiger partial charge in [-0.3, -0.25) is 18.6 Å². The number of carbonyl (C=O) groups is 2. The van der Waals surface area contributed by atoms with Crippen LogP contribution < -0.4 is 0 Å². The molecule has 0 spiro atoms. The number of phosphoric acid groups is 1. The first-order valence-corrected chi connectivity index (χ1v) is 36.1. The van der Waals surface area contributed by atoms with Gasteiger partial charge >= 0.3 is 19.8 Å². The van der Waals surface area contributed by atoms with Gasteiger partial charge in [-0.1, -0.05) is 297 Å². The molecule has 0 aromatic heterocycles. The third-order valence-corrected chi connectivity index (χ3v) is 15.8. The summed E-state index contributed by atoms with van der Waals surface area (Å²) in [7, 11) is 1.47. The Balaban J connectivity index is 4.04. The summed E-state index contributed by atoms with van der Waals surface area (Å²) >= 11 is 0. The summed E-state index contributed by atoms with van der Waals surface area (Å²) in [5.74, 6) is -0.794. The molecule has 9 nitrogen and oxygen atoms in total. The van der Waals surface area contributed by atoms with Crippen molar-refractivity contribution in [3.05, 3.63) is 109 Å². The quantitative estimate of drug-likeness (QED) is 0.0211. The van der Waals surface area contributed by atoms with Crippen LogP contribution in [0.3, 0.4) is 0 Å². The fourth-order valence-electron chi connectivity index (χ4n) is 9.57. The van der Waals surface area contributed by atoms with Crippen LogP contribution in [0.4, 0.5) is 0 Å². The number of unbranched alkanes of at least 4 members (excludes halogenated alkanes) is 31. The summed E-state index contributed by atoms with van der Waals surface area (Å²) in [4.78, 5) is 35.9. The molecule has 0 radical (unpaired) electrons. The number of allylic oxidation sites excluding steroid dienone is 18. The third kappa shape index (κ3) is 67.8. The fraction of sp³-hybridized carbons (Fsp3) is 0.730. The van der Waals surface area contributed by atoms with E-state index in [2.05, 4.69) is 123 Å². The zero-order valence-electron chi connectivity index (χ0n) is 55.1. The minimum absolute atomic E-state index is 0.0282. The number of likely N-dealkylation sites (N-methyl/N-ethyl adjacent to an activating group) is 1. The molecule has 0 aromatic carbocycles. The molecule has 1 N–H and O–H groups in total. The van der Waals surface area contributed by atoms with Gasteiger partial charge in [0, 0.05) is 12.8 Å². The molecule has 0 saturated carbocycles. The van der Waals surface area contributed by atoms with Crippen molar-refractivity contribution in [2.45, 2.75) is 302 Å². The van der Waals surface area contributed by atoms with E-state index < -0.39 is 26.5 Å². The summed E-state index contributed by atoms with van der Waals surface area (Å²) in [6.45, 7) is 4.23. The molecule has 0 bridgehead atoms. The van der Waals surface area contributed by atoms with E-state index >= 15 is 0 Å². The number of rotatable bonds is 63. The average Bonchev–Trinajstić information content (AvgIpc) is 3.61. The van der Waals surface area contributed by atoms with E-state index in [4.69, 9.17) is 18.5 Å². The van der Waals surface area contributed by atoms with Crippen molar-refractivity contribution in [1.82, 2.24) is 0 Å². The standard InChI is InChI=1S/C74H130NO8P/c1-6-8-10-12-14-16-18-20-22-24-26-28-30-32-34-35-36-37-38-39-41-42-44-46-48-50-52-54-56-58-60-62-64-66-73(76)80-70-72(71-82-84(78,79)81-69-68-75(3,4)5)83-74(77)67-65-63-61-59-57-55-53-51-49-47-45-43-40-33-31-29-27-25-23-21-19-17-15-13-11-9-7-2/h8-11,14-17,20-23,26-29,33,40,72H,6-7,12-13,18-19,24-25,30-32,34-39,41-71H2,1-5H3/p+1/b10-8-,11-9-,16-14-,17-15-,22-20-,23-21-,28-26-,29-27-,40-33-. The maximum Gasteiger partial charge on any atom is 0.472 e. The van der Waals surface area contributed by atoms with Crippen LogP contribution in [0.1, 0.15) is 296 Å². The predicted molar refractivity (Wildman–Crippen MR) is 362 cm³/mol. The highest BCUT2D eigenvalue weighted by atomic mass is 31.2. The molecule has 0 rings (SSSR count). The molecule has 0 fully saturated rings. The van der Waals surface area contributed by atoms with Crippen LogP contribution in [0.25, 0.3) is 0 Å². The van der Waals surface area contributed by atoms with Crippen molar-refractivity contribution in [3.8, 4) is 0 Å². The van der Waals surface area contributed by atoms with Gasteiger partial charge in [0.25, 0.3) is 0 Å². The molecular formula is C74H131NO8P+. The van der Waals surface area contributed by atoms with Crippen LogP contribution in [0, 0.1) is 0 Å². The van der Waals surface area contributed by atoms with E-state index in [1.54, 1.807) is 0 Å². The number of quaternary nitrogens is 1. The van der Waals surface area contributed by atoms with Gasteiger partial charge in [0.2, 0.25) is 0 Å². The second-order valence-corrected chi connectivity index (χ2v) is 25.6. The number of phosphoric ester groups is 1. The van der Waals surface area contributed by atoms with Crippen molar-refractivity contribution in [1.29, 1.82) is 0 Å². The Bertz CT molecular complexity index is 1790. The number of carbonyl (C=O) groups excluding carboxylic acids is 2. The van der Waals surface area contributed by atoms with E-state index in [0.29, 0.717) is 17.4 Å². The largest absolute Gasteiger partial charge is 0.472 e. The molecule has 0 aliphatic carbocycles. The molecule has 0 aliphatic rings. The highest BCUT2D eigenvalue weighted by Gasteiger charge is 2.27. The molecule has 0 saturated heterocycles. The summed E-state index contributed by atoms with van der Waals surface area (Å²) < 4.78 is 34.7. The van der Waals surface area contributed by atoms with Crippen molar-refractivity contribution in [2.24, 2.45) is 0 Å². The lowest BCUT2D eigenvalue weighted by atomic mass is 10.0. The van der Waals surface area contributed by atoms with Crippen molar-refractivity contribution >= 4 is 19.8 Å². The molecule has 484 valence electrons. The van der Waals surface area contributed by atoms with E-state index in [-0.39, 0.29) is 32.0 Å². The number of hydrogen-bond donors (Lipinski definition) is 1. The minimum atomic E-state index is -4.40. The second kappa shape index (κ2) is 64.2. The number of hydrogen-bond acceptors (Lipinski definition) is 7.